The molecule has 1 fully saturated rings. The number of benzene rings is 1. The second-order valence-corrected chi connectivity index (χ2v) is 4.90. The van der Waals surface area contributed by atoms with Crippen LogP contribution < -0.4 is 10.8 Å². The first-order chi connectivity index (χ1) is 8.75. The van der Waals surface area contributed by atoms with Crippen LogP contribution in [0.25, 0.3) is 0 Å². The van der Waals surface area contributed by atoms with Crippen LogP contribution in [0.2, 0.25) is 5.02 Å². The zero-order valence-corrected chi connectivity index (χ0v) is 10.9. The Hall–Kier alpha value is -1.10. The molecule has 2 rings (SSSR count). The highest BCUT2D eigenvalue weighted by Crippen LogP contribution is 2.11. The summed E-state index contributed by atoms with van der Waals surface area (Å²) in [5.74, 6) is 0.208. The fourth-order valence-corrected chi connectivity index (χ4v) is 2.17. The van der Waals surface area contributed by atoms with Gasteiger partial charge in [0.05, 0.1) is 6.61 Å². The molecule has 0 saturated carbocycles. The van der Waals surface area contributed by atoms with Gasteiger partial charge in [-0.1, -0.05) is 17.7 Å². The number of hydroxylamine groups is 1. The molecule has 1 amide bonds. The Morgan fingerprint density at radius 2 is 2.44 bits per heavy atom. The summed E-state index contributed by atoms with van der Waals surface area (Å²) in [7, 11) is 0. The minimum absolute atomic E-state index is 0.263. The van der Waals surface area contributed by atoms with Crippen LogP contribution in [-0.4, -0.2) is 25.6 Å². The molecule has 0 bridgehead atoms. The molecule has 18 heavy (non-hydrogen) atoms. The summed E-state index contributed by atoms with van der Waals surface area (Å²) >= 11 is 5.82. The van der Waals surface area contributed by atoms with E-state index in [-0.39, 0.29) is 5.91 Å². The van der Waals surface area contributed by atoms with Crippen LogP contribution in [0.4, 0.5) is 0 Å². The number of amides is 1. The minimum Gasteiger partial charge on any atom is -0.316 e. The van der Waals surface area contributed by atoms with Gasteiger partial charge in [-0.25, -0.2) is 5.48 Å². The van der Waals surface area contributed by atoms with Crippen LogP contribution in [0.15, 0.2) is 24.3 Å². The van der Waals surface area contributed by atoms with E-state index in [2.05, 4.69) is 10.8 Å². The quantitative estimate of drug-likeness (QED) is 0.822. The van der Waals surface area contributed by atoms with Crippen molar-refractivity contribution in [1.82, 2.24) is 10.8 Å². The van der Waals surface area contributed by atoms with Gasteiger partial charge in [-0.3, -0.25) is 9.63 Å². The van der Waals surface area contributed by atoms with Crippen molar-refractivity contribution in [2.45, 2.75) is 12.8 Å². The maximum absolute atomic E-state index is 11.7. The largest absolute Gasteiger partial charge is 0.316 e. The summed E-state index contributed by atoms with van der Waals surface area (Å²) in [6.45, 7) is 2.57. The summed E-state index contributed by atoms with van der Waals surface area (Å²) in [5.41, 5.74) is 2.95. The van der Waals surface area contributed by atoms with Crippen molar-refractivity contribution >= 4 is 17.5 Å². The molecule has 0 radical (unpaired) electrons. The molecule has 0 aromatic heterocycles. The predicted molar refractivity (Wildman–Crippen MR) is 70.5 cm³/mol. The van der Waals surface area contributed by atoms with E-state index in [9.17, 15) is 4.79 Å². The van der Waals surface area contributed by atoms with Gasteiger partial charge in [-0.2, -0.15) is 0 Å². The summed E-state index contributed by atoms with van der Waals surface area (Å²) in [6, 6.07) is 6.78. The van der Waals surface area contributed by atoms with E-state index in [4.69, 9.17) is 16.4 Å². The SMILES string of the molecule is O=C(NOCC1CCCNC1)c1cccc(Cl)c1. The van der Waals surface area contributed by atoms with Crippen LogP contribution in [0.1, 0.15) is 23.2 Å². The van der Waals surface area contributed by atoms with Crippen LogP contribution in [0.3, 0.4) is 0 Å². The van der Waals surface area contributed by atoms with E-state index in [1.165, 1.54) is 0 Å². The van der Waals surface area contributed by atoms with E-state index in [1.807, 2.05) is 0 Å². The molecular weight excluding hydrogens is 252 g/mol. The molecule has 1 saturated heterocycles. The normalized spacial score (nSPS) is 19.5. The molecular formula is C13H17ClN2O2. The lowest BCUT2D eigenvalue weighted by Crippen LogP contribution is -2.35. The molecule has 1 aromatic rings. The highest BCUT2D eigenvalue weighted by molar-refractivity contribution is 6.30. The molecule has 0 aliphatic carbocycles. The Bertz CT molecular complexity index is 406. The first kappa shape index (κ1) is 13.3. The van der Waals surface area contributed by atoms with Crippen LogP contribution in [0, 0.1) is 5.92 Å². The summed E-state index contributed by atoms with van der Waals surface area (Å²) in [5, 5.41) is 3.84. The van der Waals surface area contributed by atoms with Gasteiger partial charge in [0, 0.05) is 17.1 Å². The minimum atomic E-state index is -0.263. The average Bonchev–Trinajstić information content (AvgIpc) is 2.40. The molecule has 1 aliphatic rings. The molecule has 1 aliphatic heterocycles. The van der Waals surface area contributed by atoms with Gasteiger partial charge < -0.3 is 5.32 Å². The number of rotatable bonds is 4. The maximum atomic E-state index is 11.7. The monoisotopic (exact) mass is 268 g/mol. The smallest absolute Gasteiger partial charge is 0.274 e. The second-order valence-electron chi connectivity index (χ2n) is 4.46. The van der Waals surface area contributed by atoms with Crippen molar-refractivity contribution in [3.8, 4) is 0 Å². The first-order valence-corrected chi connectivity index (χ1v) is 6.52. The zero-order valence-electron chi connectivity index (χ0n) is 10.1. The van der Waals surface area contributed by atoms with Gasteiger partial charge in [0.1, 0.15) is 0 Å². The Morgan fingerprint density at radius 1 is 1.56 bits per heavy atom. The molecule has 4 nitrogen and oxygen atoms in total. The molecule has 1 aromatic carbocycles. The van der Waals surface area contributed by atoms with Crippen molar-refractivity contribution in [2.24, 2.45) is 5.92 Å². The summed E-state index contributed by atoms with van der Waals surface area (Å²) in [4.78, 5) is 17.0. The van der Waals surface area contributed by atoms with Gasteiger partial charge >= 0.3 is 0 Å². The number of carbonyl (C=O) groups excluding carboxylic acids is 1. The fraction of sp³-hybridized carbons (Fsp3) is 0.462. The molecule has 0 spiro atoms. The molecule has 1 heterocycles. The highest BCUT2D eigenvalue weighted by atomic mass is 35.5. The lowest BCUT2D eigenvalue weighted by Gasteiger charge is -2.22. The summed E-state index contributed by atoms with van der Waals surface area (Å²) < 4.78 is 0. The van der Waals surface area contributed by atoms with Crippen molar-refractivity contribution in [2.75, 3.05) is 19.7 Å². The molecule has 1 unspecified atom stereocenters. The Balaban J connectivity index is 1.74. The number of hydrogen-bond acceptors (Lipinski definition) is 3. The van der Waals surface area contributed by atoms with E-state index in [0.717, 1.165) is 25.9 Å². The lowest BCUT2D eigenvalue weighted by molar-refractivity contribution is 0.0128. The van der Waals surface area contributed by atoms with Gasteiger partial charge in [0.25, 0.3) is 5.91 Å². The first-order valence-electron chi connectivity index (χ1n) is 6.14. The van der Waals surface area contributed by atoms with Crippen LogP contribution in [-0.2, 0) is 4.84 Å². The maximum Gasteiger partial charge on any atom is 0.274 e. The van der Waals surface area contributed by atoms with Gasteiger partial charge in [-0.05, 0) is 43.5 Å². The number of halogens is 1. The van der Waals surface area contributed by atoms with E-state index in [0.29, 0.717) is 23.1 Å². The van der Waals surface area contributed by atoms with Crippen LogP contribution >= 0.6 is 11.6 Å². The standard InChI is InChI=1S/C13H17ClN2O2/c14-12-5-1-4-11(7-12)13(17)16-18-9-10-3-2-6-15-8-10/h1,4-5,7,10,15H,2-3,6,8-9H2,(H,16,17). The number of nitrogens with one attached hydrogen (secondary N) is 2. The molecule has 98 valence electrons. The Labute approximate surface area is 112 Å². The average molecular weight is 269 g/mol. The van der Waals surface area contributed by atoms with E-state index in [1.54, 1.807) is 24.3 Å². The Morgan fingerprint density at radius 3 is 3.17 bits per heavy atom. The van der Waals surface area contributed by atoms with Gasteiger partial charge in [0.2, 0.25) is 0 Å². The predicted octanol–water partition coefficient (Wildman–Crippen LogP) is 2.00. The molecule has 5 heteroatoms. The third-order valence-corrected chi connectivity index (χ3v) is 3.20. The fourth-order valence-electron chi connectivity index (χ4n) is 1.98. The lowest BCUT2D eigenvalue weighted by atomic mass is 10.0. The van der Waals surface area contributed by atoms with Crippen molar-refractivity contribution in [3.05, 3.63) is 34.9 Å². The third-order valence-electron chi connectivity index (χ3n) is 2.97. The number of piperidine rings is 1. The number of hydrogen-bond donors (Lipinski definition) is 2. The third kappa shape index (κ3) is 3.98. The van der Waals surface area contributed by atoms with Crippen molar-refractivity contribution in [1.29, 1.82) is 0 Å². The van der Waals surface area contributed by atoms with Crippen molar-refractivity contribution < 1.29 is 9.63 Å². The number of carbonyl (C=O) groups is 1. The van der Waals surface area contributed by atoms with Gasteiger partial charge in [0.15, 0.2) is 0 Å². The molecule has 1 atom stereocenters. The topological polar surface area (TPSA) is 50.4 Å². The van der Waals surface area contributed by atoms with Crippen LogP contribution in [0.5, 0.6) is 0 Å². The van der Waals surface area contributed by atoms with E-state index < -0.39 is 0 Å². The van der Waals surface area contributed by atoms with E-state index >= 15 is 0 Å². The second kappa shape index (κ2) is 6.73. The molecule has 2 N–H and O–H groups in total. The summed E-state index contributed by atoms with van der Waals surface area (Å²) in [6.07, 6.45) is 2.30. The Kier molecular flexibility index (Phi) is 4.99. The zero-order chi connectivity index (χ0) is 12.8. The van der Waals surface area contributed by atoms with Gasteiger partial charge in [-0.15, -0.1) is 0 Å². The van der Waals surface area contributed by atoms with Crippen molar-refractivity contribution in [3.63, 3.8) is 0 Å². The highest BCUT2D eigenvalue weighted by Gasteiger charge is 2.14.